The Kier molecular flexibility index (Phi) is 3.47. The quantitative estimate of drug-likeness (QED) is 0.691. The molecule has 0 aliphatic heterocycles. The second-order valence-corrected chi connectivity index (χ2v) is 3.60. The summed E-state index contributed by atoms with van der Waals surface area (Å²) in [6.45, 7) is 8.63. The fourth-order valence-corrected chi connectivity index (χ4v) is 1.57. The number of hydrogen-bond acceptors (Lipinski definition) is 1. The maximum Gasteiger partial charge on any atom is 0.0438 e. The monoisotopic (exact) mass is 177 g/mol. The topological polar surface area (TPSA) is 12.9 Å². The van der Waals surface area contributed by atoms with Gasteiger partial charge in [0.05, 0.1) is 0 Å². The van der Waals surface area contributed by atoms with E-state index in [0.29, 0.717) is 0 Å². The van der Waals surface area contributed by atoms with E-state index in [0.717, 1.165) is 12.8 Å². The molecule has 0 saturated heterocycles. The van der Waals surface area contributed by atoms with Crippen LogP contribution in [0.5, 0.6) is 0 Å². The first-order chi connectivity index (χ1) is 6.19. The summed E-state index contributed by atoms with van der Waals surface area (Å²) >= 11 is 0. The van der Waals surface area contributed by atoms with Crippen molar-refractivity contribution in [2.75, 3.05) is 0 Å². The molecular formula is C12H19N. The fourth-order valence-electron chi connectivity index (χ4n) is 1.57. The van der Waals surface area contributed by atoms with E-state index in [1.54, 1.807) is 0 Å². The van der Waals surface area contributed by atoms with Gasteiger partial charge >= 0.3 is 0 Å². The minimum Gasteiger partial charge on any atom is -0.258 e. The van der Waals surface area contributed by atoms with E-state index in [1.807, 2.05) is 0 Å². The molecule has 1 rings (SSSR count). The number of nitrogens with zero attached hydrogens (tertiary/aromatic N) is 1. The van der Waals surface area contributed by atoms with Crippen LogP contribution in [0.1, 0.15) is 42.8 Å². The summed E-state index contributed by atoms with van der Waals surface area (Å²) in [7, 11) is 0. The van der Waals surface area contributed by atoms with Crippen molar-refractivity contribution in [1.82, 2.24) is 4.98 Å². The number of rotatable bonds is 3. The molecule has 1 aromatic heterocycles. The lowest BCUT2D eigenvalue weighted by atomic mass is 10.0. The van der Waals surface area contributed by atoms with E-state index >= 15 is 0 Å². The third-order valence-electron chi connectivity index (χ3n) is 2.50. The summed E-state index contributed by atoms with van der Waals surface area (Å²) < 4.78 is 0. The molecule has 1 nitrogen and oxygen atoms in total. The van der Waals surface area contributed by atoms with Gasteiger partial charge in [-0.3, -0.25) is 4.98 Å². The molecule has 0 aromatic carbocycles. The van der Waals surface area contributed by atoms with E-state index < -0.39 is 0 Å². The third kappa shape index (κ3) is 2.30. The minimum atomic E-state index is 1.10. The number of hydrogen-bond donors (Lipinski definition) is 0. The highest BCUT2D eigenvalue weighted by Crippen LogP contribution is 2.14. The van der Waals surface area contributed by atoms with Crippen molar-refractivity contribution in [2.24, 2.45) is 0 Å². The molecule has 0 spiro atoms. The molecule has 1 aromatic rings. The van der Waals surface area contributed by atoms with Crippen LogP contribution in [0.3, 0.4) is 0 Å². The highest BCUT2D eigenvalue weighted by atomic mass is 14.7. The molecule has 0 unspecified atom stereocenters. The molecule has 0 radical (unpaired) electrons. The summed E-state index contributed by atoms with van der Waals surface area (Å²) in [5, 5.41) is 0. The highest BCUT2D eigenvalue weighted by molar-refractivity contribution is 5.29. The van der Waals surface area contributed by atoms with Gasteiger partial charge in [-0.25, -0.2) is 0 Å². The summed E-state index contributed by atoms with van der Waals surface area (Å²) in [6, 6.07) is 2.29. The molecule has 0 fully saturated rings. The Hall–Kier alpha value is -0.850. The predicted molar refractivity (Wildman–Crippen MR) is 57.1 cm³/mol. The maximum absolute atomic E-state index is 4.63. The van der Waals surface area contributed by atoms with Crippen LogP contribution < -0.4 is 0 Å². The highest BCUT2D eigenvalue weighted by Gasteiger charge is 2.04. The lowest BCUT2D eigenvalue weighted by molar-refractivity contribution is 0.844. The van der Waals surface area contributed by atoms with Crippen LogP contribution >= 0.6 is 0 Å². The van der Waals surface area contributed by atoms with Gasteiger partial charge in [0.1, 0.15) is 0 Å². The van der Waals surface area contributed by atoms with Crippen LogP contribution in [0, 0.1) is 13.8 Å². The summed E-state index contributed by atoms with van der Waals surface area (Å²) in [5.41, 5.74) is 5.22. The summed E-state index contributed by atoms with van der Waals surface area (Å²) in [5.74, 6) is 0. The first-order valence-electron chi connectivity index (χ1n) is 5.15. The van der Waals surface area contributed by atoms with Gasteiger partial charge in [-0.1, -0.05) is 26.3 Å². The van der Waals surface area contributed by atoms with Crippen LogP contribution in [0.2, 0.25) is 0 Å². The van der Waals surface area contributed by atoms with Gasteiger partial charge < -0.3 is 0 Å². The van der Waals surface area contributed by atoms with Crippen molar-refractivity contribution >= 4 is 0 Å². The zero-order chi connectivity index (χ0) is 9.84. The molecule has 0 amide bonds. The third-order valence-corrected chi connectivity index (χ3v) is 2.50. The van der Waals surface area contributed by atoms with Crippen LogP contribution in [-0.2, 0) is 12.8 Å². The van der Waals surface area contributed by atoms with Crippen molar-refractivity contribution in [3.63, 3.8) is 0 Å². The van der Waals surface area contributed by atoms with Crippen molar-refractivity contribution in [2.45, 2.75) is 47.0 Å². The Morgan fingerprint density at radius 1 is 1.23 bits per heavy atom. The van der Waals surface area contributed by atoms with Gasteiger partial charge in [-0.15, -0.1) is 0 Å². The fraction of sp³-hybridized carbons (Fsp3) is 0.583. The minimum absolute atomic E-state index is 1.10. The van der Waals surface area contributed by atoms with E-state index in [4.69, 9.17) is 0 Å². The van der Waals surface area contributed by atoms with Gasteiger partial charge in [-0.2, -0.15) is 0 Å². The Morgan fingerprint density at radius 2 is 1.92 bits per heavy atom. The molecule has 0 aliphatic rings. The predicted octanol–water partition coefficient (Wildman–Crippen LogP) is 3.21. The van der Waals surface area contributed by atoms with Crippen molar-refractivity contribution < 1.29 is 0 Å². The van der Waals surface area contributed by atoms with Gasteiger partial charge in [-0.05, 0) is 37.8 Å². The SMILES string of the molecule is CCCc1nc(C)c(C)cc1CC. The molecule has 13 heavy (non-hydrogen) atoms. The van der Waals surface area contributed by atoms with E-state index in [1.165, 1.54) is 28.9 Å². The van der Waals surface area contributed by atoms with Crippen LogP contribution in [0.25, 0.3) is 0 Å². The first kappa shape index (κ1) is 10.2. The van der Waals surface area contributed by atoms with Crippen molar-refractivity contribution in [3.8, 4) is 0 Å². The van der Waals surface area contributed by atoms with Crippen LogP contribution in [-0.4, -0.2) is 4.98 Å². The zero-order valence-electron chi connectivity index (χ0n) is 9.15. The second kappa shape index (κ2) is 4.40. The average molecular weight is 177 g/mol. The Balaban J connectivity index is 3.09. The molecule has 0 saturated carbocycles. The lowest BCUT2D eigenvalue weighted by Gasteiger charge is -2.09. The Bertz CT molecular complexity index is 289. The van der Waals surface area contributed by atoms with Gasteiger partial charge in [0.15, 0.2) is 0 Å². The van der Waals surface area contributed by atoms with Crippen LogP contribution in [0.4, 0.5) is 0 Å². The van der Waals surface area contributed by atoms with E-state index in [2.05, 4.69) is 38.7 Å². The smallest absolute Gasteiger partial charge is 0.0438 e. The molecule has 1 heteroatoms. The number of pyridine rings is 1. The molecule has 72 valence electrons. The van der Waals surface area contributed by atoms with Crippen molar-refractivity contribution in [3.05, 3.63) is 28.6 Å². The molecule has 0 aliphatic carbocycles. The normalized spacial score (nSPS) is 10.5. The summed E-state index contributed by atoms with van der Waals surface area (Å²) in [6.07, 6.45) is 3.40. The molecule has 0 N–H and O–H groups in total. The molecular weight excluding hydrogens is 158 g/mol. The Labute approximate surface area is 81.2 Å². The van der Waals surface area contributed by atoms with Gasteiger partial charge in [0, 0.05) is 11.4 Å². The van der Waals surface area contributed by atoms with Gasteiger partial charge in [0.25, 0.3) is 0 Å². The van der Waals surface area contributed by atoms with Crippen molar-refractivity contribution in [1.29, 1.82) is 0 Å². The largest absolute Gasteiger partial charge is 0.258 e. The maximum atomic E-state index is 4.63. The van der Waals surface area contributed by atoms with E-state index in [9.17, 15) is 0 Å². The zero-order valence-corrected chi connectivity index (χ0v) is 9.15. The molecule has 0 atom stereocenters. The molecule has 1 heterocycles. The number of aryl methyl sites for hydroxylation is 4. The first-order valence-corrected chi connectivity index (χ1v) is 5.15. The van der Waals surface area contributed by atoms with Gasteiger partial charge in [0.2, 0.25) is 0 Å². The average Bonchev–Trinajstić information content (AvgIpc) is 2.11. The Morgan fingerprint density at radius 3 is 2.46 bits per heavy atom. The van der Waals surface area contributed by atoms with Crippen LogP contribution in [0.15, 0.2) is 6.07 Å². The second-order valence-electron chi connectivity index (χ2n) is 3.60. The lowest BCUT2D eigenvalue weighted by Crippen LogP contribution is -2.00. The summed E-state index contributed by atoms with van der Waals surface area (Å²) in [4.78, 5) is 4.63. The standard InChI is InChI=1S/C12H19N/c1-5-7-12-11(6-2)8-9(3)10(4)13-12/h8H,5-7H2,1-4H3. The van der Waals surface area contributed by atoms with E-state index in [-0.39, 0.29) is 0 Å². The number of aromatic nitrogens is 1. The molecule has 0 bridgehead atoms.